The van der Waals surface area contributed by atoms with Crippen LogP contribution in [0, 0.1) is 0 Å². The number of nitrogens with one attached hydrogen (secondary N) is 1. The molecule has 1 aliphatic heterocycles. The van der Waals surface area contributed by atoms with Crippen LogP contribution < -0.4 is 5.32 Å². The Labute approximate surface area is 129 Å². The third kappa shape index (κ3) is 5.12. The predicted octanol–water partition coefficient (Wildman–Crippen LogP) is 4.53. The molecule has 0 aromatic heterocycles. The average Bonchev–Trinajstić information content (AvgIpc) is 3.16. The quantitative estimate of drug-likeness (QED) is 0.891. The van der Waals surface area contributed by atoms with Gasteiger partial charge in [0.1, 0.15) is 0 Å². The van der Waals surface area contributed by atoms with Crippen LogP contribution in [0.2, 0.25) is 0 Å². The van der Waals surface area contributed by atoms with Gasteiger partial charge in [-0.15, -0.1) is 0 Å². The SMILES string of the molecule is C1CCC(OCCC2CCCCN2)CC1.c1cc2cc-2c1. The van der Waals surface area contributed by atoms with Gasteiger partial charge in [0.15, 0.2) is 0 Å². The Bertz CT molecular complexity index is 384. The molecule has 2 nitrogen and oxygen atoms in total. The maximum absolute atomic E-state index is 5.95. The lowest BCUT2D eigenvalue weighted by Gasteiger charge is -2.26. The highest BCUT2D eigenvalue weighted by atomic mass is 16.5. The smallest absolute Gasteiger partial charge is 0.0575 e. The Morgan fingerprint density at radius 2 is 1.71 bits per heavy atom. The molecular weight excluding hydrogens is 258 g/mol. The maximum Gasteiger partial charge on any atom is 0.0575 e. The van der Waals surface area contributed by atoms with Crippen LogP contribution in [0.25, 0.3) is 11.1 Å². The van der Waals surface area contributed by atoms with E-state index in [0.717, 1.165) is 12.6 Å². The zero-order chi connectivity index (χ0) is 14.3. The van der Waals surface area contributed by atoms with Gasteiger partial charge in [-0.25, -0.2) is 0 Å². The molecule has 0 spiro atoms. The van der Waals surface area contributed by atoms with E-state index in [1.54, 1.807) is 0 Å². The first-order chi connectivity index (χ1) is 10.4. The average molecular weight is 287 g/mol. The number of benzene rings is 1. The molecule has 1 heterocycles. The lowest BCUT2D eigenvalue weighted by atomic mass is 9.97. The highest BCUT2D eigenvalue weighted by Gasteiger charge is 2.16. The second-order valence-electron chi connectivity index (χ2n) is 6.65. The summed E-state index contributed by atoms with van der Waals surface area (Å²) in [5, 5.41) is 3.58. The van der Waals surface area contributed by atoms with Crippen molar-refractivity contribution in [1.82, 2.24) is 5.32 Å². The van der Waals surface area contributed by atoms with E-state index in [1.165, 1.54) is 75.5 Å². The Morgan fingerprint density at radius 3 is 2.29 bits per heavy atom. The van der Waals surface area contributed by atoms with E-state index >= 15 is 0 Å². The zero-order valence-electron chi connectivity index (χ0n) is 13.2. The highest BCUT2D eigenvalue weighted by molar-refractivity contribution is 5.80. The summed E-state index contributed by atoms with van der Waals surface area (Å²) >= 11 is 0. The lowest BCUT2D eigenvalue weighted by Crippen LogP contribution is -2.35. The van der Waals surface area contributed by atoms with Gasteiger partial charge in [-0.05, 0) is 55.8 Å². The standard InChI is InChI=1S/C13H25NO.C6H4/c1-2-7-13(8-3-1)15-11-9-12-6-4-5-10-14-12;1-2-5-4-6(5)3-1/h12-14H,1-11H2;1-4H. The minimum atomic E-state index is 0.586. The van der Waals surface area contributed by atoms with Crippen molar-refractivity contribution in [3.63, 3.8) is 0 Å². The van der Waals surface area contributed by atoms with Crippen molar-refractivity contribution < 1.29 is 4.74 Å². The molecule has 1 saturated carbocycles. The van der Waals surface area contributed by atoms with Crippen LogP contribution in [0.3, 0.4) is 0 Å². The normalized spacial score (nSPS) is 24.1. The van der Waals surface area contributed by atoms with Crippen LogP contribution in [-0.4, -0.2) is 25.3 Å². The minimum absolute atomic E-state index is 0.586. The summed E-state index contributed by atoms with van der Waals surface area (Å²) in [6.07, 6.45) is 12.7. The van der Waals surface area contributed by atoms with Gasteiger partial charge < -0.3 is 10.1 Å². The molecule has 4 aliphatic rings. The molecule has 3 aliphatic carbocycles. The Kier molecular flexibility index (Phi) is 5.70. The molecule has 116 valence electrons. The largest absolute Gasteiger partial charge is 0.378 e. The molecule has 0 bridgehead atoms. The van der Waals surface area contributed by atoms with Crippen molar-refractivity contribution in [2.24, 2.45) is 0 Å². The number of hydrogen-bond acceptors (Lipinski definition) is 2. The van der Waals surface area contributed by atoms with Crippen molar-refractivity contribution in [3.05, 3.63) is 24.3 Å². The molecule has 1 N–H and O–H groups in total. The molecular formula is C19H29NO. The van der Waals surface area contributed by atoms with Crippen molar-refractivity contribution in [3.8, 4) is 11.1 Å². The molecule has 1 unspecified atom stereocenters. The first-order valence-corrected chi connectivity index (χ1v) is 8.87. The third-order valence-corrected chi connectivity index (χ3v) is 4.90. The zero-order valence-corrected chi connectivity index (χ0v) is 13.2. The summed E-state index contributed by atoms with van der Waals surface area (Å²) in [6.45, 7) is 2.19. The Balaban J connectivity index is 0.000000180. The van der Waals surface area contributed by atoms with Crippen LogP contribution in [0.5, 0.6) is 0 Å². The van der Waals surface area contributed by atoms with E-state index in [9.17, 15) is 0 Å². The maximum atomic E-state index is 5.95. The van der Waals surface area contributed by atoms with Gasteiger partial charge in [-0.2, -0.15) is 0 Å². The predicted molar refractivity (Wildman–Crippen MR) is 88.5 cm³/mol. The van der Waals surface area contributed by atoms with Crippen molar-refractivity contribution in [2.75, 3.05) is 13.2 Å². The van der Waals surface area contributed by atoms with Gasteiger partial charge >= 0.3 is 0 Å². The van der Waals surface area contributed by atoms with E-state index in [1.807, 2.05) is 0 Å². The first kappa shape index (κ1) is 15.1. The summed E-state index contributed by atoms with van der Waals surface area (Å²) in [7, 11) is 0. The van der Waals surface area contributed by atoms with Crippen molar-refractivity contribution in [2.45, 2.75) is 69.9 Å². The van der Waals surface area contributed by atoms with Gasteiger partial charge in [0.05, 0.1) is 6.10 Å². The summed E-state index contributed by atoms with van der Waals surface area (Å²) in [5.74, 6) is 0. The minimum Gasteiger partial charge on any atom is -0.378 e. The van der Waals surface area contributed by atoms with Crippen molar-refractivity contribution in [1.29, 1.82) is 0 Å². The van der Waals surface area contributed by atoms with Crippen LogP contribution >= 0.6 is 0 Å². The fourth-order valence-electron chi connectivity index (χ4n) is 3.45. The van der Waals surface area contributed by atoms with Gasteiger partial charge in [0.25, 0.3) is 0 Å². The van der Waals surface area contributed by atoms with Gasteiger partial charge in [0, 0.05) is 12.6 Å². The molecule has 2 heteroatoms. The van der Waals surface area contributed by atoms with E-state index < -0.39 is 0 Å². The summed E-state index contributed by atoms with van der Waals surface area (Å²) in [6, 6.07) is 9.22. The number of hydrogen-bond donors (Lipinski definition) is 1. The molecule has 21 heavy (non-hydrogen) atoms. The fourth-order valence-corrected chi connectivity index (χ4v) is 3.45. The topological polar surface area (TPSA) is 21.3 Å². The van der Waals surface area contributed by atoms with E-state index in [-0.39, 0.29) is 0 Å². The highest BCUT2D eigenvalue weighted by Crippen LogP contribution is 2.32. The Morgan fingerprint density at radius 1 is 0.952 bits per heavy atom. The second-order valence-corrected chi connectivity index (χ2v) is 6.65. The van der Waals surface area contributed by atoms with E-state index in [2.05, 4.69) is 29.6 Å². The van der Waals surface area contributed by atoms with Gasteiger partial charge in [-0.1, -0.05) is 43.9 Å². The molecule has 0 amide bonds. The molecule has 0 aromatic carbocycles. The number of ether oxygens (including phenoxy) is 1. The Hall–Kier alpha value is -0.860. The van der Waals surface area contributed by atoms with Crippen molar-refractivity contribution >= 4 is 0 Å². The molecule has 2 fully saturated rings. The van der Waals surface area contributed by atoms with Gasteiger partial charge in [-0.3, -0.25) is 0 Å². The molecule has 4 rings (SSSR count). The molecule has 0 aromatic rings. The summed E-state index contributed by atoms with van der Waals surface area (Å²) < 4.78 is 5.95. The lowest BCUT2D eigenvalue weighted by molar-refractivity contribution is 0.0225. The number of fused-ring (bicyclic) bond motifs is 1. The van der Waals surface area contributed by atoms with Crippen LogP contribution in [0.1, 0.15) is 57.8 Å². The van der Waals surface area contributed by atoms with E-state index in [0.29, 0.717) is 6.10 Å². The third-order valence-electron chi connectivity index (χ3n) is 4.90. The molecule has 1 atom stereocenters. The fraction of sp³-hybridized carbons (Fsp3) is 0.684. The van der Waals surface area contributed by atoms with Crippen LogP contribution in [0.15, 0.2) is 24.3 Å². The molecule has 1 saturated heterocycles. The summed E-state index contributed by atoms with van der Waals surface area (Å²) in [4.78, 5) is 0. The monoisotopic (exact) mass is 287 g/mol. The van der Waals surface area contributed by atoms with E-state index in [4.69, 9.17) is 4.74 Å². The van der Waals surface area contributed by atoms with Gasteiger partial charge in [0.2, 0.25) is 0 Å². The number of piperidine rings is 1. The molecule has 0 radical (unpaired) electrons. The number of rotatable bonds is 4. The summed E-state index contributed by atoms with van der Waals surface area (Å²) in [5.41, 5.74) is 2.85. The van der Waals surface area contributed by atoms with Crippen LogP contribution in [0.4, 0.5) is 0 Å². The second kappa shape index (κ2) is 7.95. The van der Waals surface area contributed by atoms with Crippen LogP contribution in [-0.2, 0) is 4.74 Å². The first-order valence-electron chi connectivity index (χ1n) is 8.87.